The van der Waals surface area contributed by atoms with E-state index in [2.05, 4.69) is 33.2 Å². The third kappa shape index (κ3) is 21.8. The van der Waals surface area contributed by atoms with Gasteiger partial charge in [-0.15, -0.1) is 0 Å². The highest BCUT2D eigenvalue weighted by atomic mass is 16.6. The van der Waals surface area contributed by atoms with Crippen molar-refractivity contribution in [3.05, 3.63) is 50.3 Å². The molecule has 260 valence electrons. The molecular formula is C34H58O11. The van der Waals surface area contributed by atoms with Crippen LogP contribution in [0.3, 0.4) is 0 Å². The second kappa shape index (κ2) is 24.7. The van der Waals surface area contributed by atoms with Crippen LogP contribution in [0, 0.1) is 5.41 Å². The van der Waals surface area contributed by atoms with Crippen LogP contribution in [-0.4, -0.2) is 108 Å². The summed E-state index contributed by atoms with van der Waals surface area (Å²) >= 11 is 0. The second-order valence-corrected chi connectivity index (χ2v) is 11.3. The summed E-state index contributed by atoms with van der Waals surface area (Å²) in [7, 11) is 0. The van der Waals surface area contributed by atoms with Crippen molar-refractivity contribution in [2.75, 3.05) is 59.5 Å². The molecule has 11 heteroatoms. The molecule has 0 aliphatic heterocycles. The quantitative estimate of drug-likeness (QED) is 0.0476. The van der Waals surface area contributed by atoms with Crippen molar-refractivity contribution in [2.24, 2.45) is 5.41 Å². The molecule has 0 saturated carbocycles. The van der Waals surface area contributed by atoms with Gasteiger partial charge in [0.15, 0.2) is 0 Å². The maximum absolute atomic E-state index is 11.3. The Morgan fingerprint density at radius 1 is 0.533 bits per heavy atom. The fourth-order valence-corrected chi connectivity index (χ4v) is 3.38. The summed E-state index contributed by atoms with van der Waals surface area (Å²) in [4.78, 5) is 22.6. The number of hydrogen-bond acceptors (Lipinski definition) is 11. The molecule has 0 aromatic heterocycles. The Morgan fingerprint density at radius 3 is 1.13 bits per heavy atom. The fourth-order valence-electron chi connectivity index (χ4n) is 3.38. The molecule has 0 spiro atoms. The van der Waals surface area contributed by atoms with Gasteiger partial charge in [-0.2, -0.15) is 0 Å². The normalized spacial score (nSPS) is 16.6. The van der Waals surface area contributed by atoms with Crippen LogP contribution >= 0.6 is 0 Å². The van der Waals surface area contributed by atoms with E-state index in [0.717, 1.165) is 18.6 Å². The molecule has 0 aliphatic rings. The van der Waals surface area contributed by atoms with Crippen LogP contribution < -0.4 is 0 Å². The Bertz CT molecular complexity index is 767. The van der Waals surface area contributed by atoms with E-state index in [9.17, 15) is 9.59 Å². The zero-order valence-corrected chi connectivity index (χ0v) is 28.6. The van der Waals surface area contributed by atoms with Gasteiger partial charge in [0.1, 0.15) is 25.6 Å². The molecule has 0 aromatic rings. The van der Waals surface area contributed by atoms with Gasteiger partial charge in [0, 0.05) is 17.6 Å². The first-order valence-electron chi connectivity index (χ1n) is 15.5. The van der Waals surface area contributed by atoms with Gasteiger partial charge in [-0.25, -0.2) is 9.59 Å². The first kappa shape index (κ1) is 42.5. The number of carbonyl (C=O) groups is 2. The molecule has 0 aromatic carbocycles. The Hall–Kier alpha value is -2.54. The largest absolute Gasteiger partial charge is 0.492 e. The third-order valence-corrected chi connectivity index (χ3v) is 6.60. The van der Waals surface area contributed by atoms with Crippen LogP contribution in [0.25, 0.3) is 0 Å². The molecule has 0 amide bonds. The lowest BCUT2D eigenvalue weighted by Crippen LogP contribution is -2.41. The number of hydrogen-bond donors (Lipinski definition) is 0. The van der Waals surface area contributed by atoms with Crippen molar-refractivity contribution in [1.82, 2.24) is 0 Å². The minimum atomic E-state index is -0.492. The molecule has 0 rings (SSSR count). The summed E-state index contributed by atoms with van der Waals surface area (Å²) in [5.41, 5.74) is -0.469. The van der Waals surface area contributed by atoms with Crippen molar-refractivity contribution in [3.63, 3.8) is 0 Å². The average molecular weight is 643 g/mol. The van der Waals surface area contributed by atoms with E-state index in [0.29, 0.717) is 52.0 Å². The van der Waals surface area contributed by atoms with Crippen molar-refractivity contribution in [3.8, 4) is 0 Å². The van der Waals surface area contributed by atoms with Gasteiger partial charge in [-0.1, -0.05) is 33.2 Å². The van der Waals surface area contributed by atoms with E-state index in [1.165, 1.54) is 0 Å². The lowest BCUT2D eigenvalue weighted by Gasteiger charge is -2.35. The predicted octanol–water partition coefficient (Wildman–Crippen LogP) is 4.99. The van der Waals surface area contributed by atoms with Crippen molar-refractivity contribution < 1.29 is 52.2 Å². The Kier molecular flexibility index (Phi) is 23.3. The second-order valence-electron chi connectivity index (χ2n) is 11.3. The minimum absolute atomic E-state index is 0.126. The maximum atomic E-state index is 11.3. The first-order valence-corrected chi connectivity index (χ1v) is 15.5. The molecule has 0 aliphatic carbocycles. The maximum Gasteiger partial charge on any atom is 0.330 e. The summed E-state index contributed by atoms with van der Waals surface area (Å²) in [6.07, 6.45) is 3.09. The average Bonchev–Trinajstić information content (AvgIpc) is 3.04. The Morgan fingerprint density at radius 2 is 0.844 bits per heavy atom. The zero-order valence-electron chi connectivity index (χ0n) is 28.6. The van der Waals surface area contributed by atoms with Crippen LogP contribution in [0.2, 0.25) is 0 Å². The highest BCUT2D eigenvalue weighted by Crippen LogP contribution is 2.26. The topological polar surface area (TPSA) is 117 Å². The van der Waals surface area contributed by atoms with Gasteiger partial charge < -0.3 is 42.6 Å². The molecular weight excluding hydrogens is 584 g/mol. The fraction of sp³-hybridized carbons (Fsp3) is 0.706. The summed E-state index contributed by atoms with van der Waals surface area (Å²) in [5.74, 6) is -0.486. The molecule has 45 heavy (non-hydrogen) atoms. The molecule has 0 saturated heterocycles. The molecule has 0 radical (unpaired) electrons. The number of esters is 2. The van der Waals surface area contributed by atoms with Crippen LogP contribution in [0.1, 0.15) is 54.9 Å². The van der Waals surface area contributed by atoms with E-state index >= 15 is 0 Å². The van der Waals surface area contributed by atoms with Crippen LogP contribution in [0.4, 0.5) is 0 Å². The van der Waals surface area contributed by atoms with Gasteiger partial charge in [0.05, 0.1) is 76.3 Å². The van der Waals surface area contributed by atoms with Crippen LogP contribution in [0.5, 0.6) is 0 Å². The summed E-state index contributed by atoms with van der Waals surface area (Å²) in [5, 5.41) is 0. The molecule has 0 N–H and O–H groups in total. The molecule has 0 heterocycles. The number of ether oxygens (including phenoxy) is 9. The van der Waals surface area contributed by atoms with Gasteiger partial charge in [-0.3, -0.25) is 0 Å². The monoisotopic (exact) mass is 642 g/mol. The van der Waals surface area contributed by atoms with E-state index < -0.39 is 17.4 Å². The summed E-state index contributed by atoms with van der Waals surface area (Å²) < 4.78 is 51.7. The number of rotatable bonds is 29. The van der Waals surface area contributed by atoms with Crippen LogP contribution in [0.15, 0.2) is 50.3 Å². The number of allylic oxidation sites excluding steroid dienone is 1. The number of carbonyl (C=O) groups excluding carboxylic acids is 2. The highest BCUT2D eigenvalue weighted by Gasteiger charge is 2.32. The SMILES string of the molecule is C=CC(=C)OCC(C)OCC(C)OCC(CC)(COC(C)COC(C)COC(=O)C=C)COC(C)COC(C)COC(=O)C=C. The van der Waals surface area contributed by atoms with Crippen molar-refractivity contribution in [1.29, 1.82) is 0 Å². The minimum Gasteiger partial charge on any atom is -0.492 e. The zero-order chi connectivity index (χ0) is 34.3. The van der Waals surface area contributed by atoms with Crippen molar-refractivity contribution in [2.45, 2.75) is 91.5 Å². The molecule has 6 unspecified atom stereocenters. The van der Waals surface area contributed by atoms with E-state index in [-0.39, 0.29) is 49.8 Å². The standard InChI is InChI=1S/C34H58O11/c1-12-25(5)37-16-26(6)38-17-29(9)43-22-34(15-4,23-44-30(10)18-39-27(7)20-41-32(35)13-2)24-45-31(11)19-40-28(8)21-42-33(36)14-3/h12-14,26-31H,1-3,5,15-24H2,4,6-11H3. The van der Waals surface area contributed by atoms with Crippen molar-refractivity contribution >= 4 is 11.9 Å². The summed E-state index contributed by atoms with van der Waals surface area (Å²) in [6.45, 7) is 30.3. The van der Waals surface area contributed by atoms with E-state index in [4.69, 9.17) is 42.6 Å². The highest BCUT2D eigenvalue weighted by molar-refractivity contribution is 5.81. The van der Waals surface area contributed by atoms with Gasteiger partial charge in [-0.05, 0) is 54.0 Å². The molecule has 11 nitrogen and oxygen atoms in total. The molecule has 0 bridgehead atoms. The first-order chi connectivity index (χ1) is 21.3. The van der Waals surface area contributed by atoms with Gasteiger partial charge in [0.2, 0.25) is 0 Å². The Balaban J connectivity index is 5.12. The van der Waals surface area contributed by atoms with Gasteiger partial charge >= 0.3 is 11.9 Å². The predicted molar refractivity (Wildman–Crippen MR) is 173 cm³/mol. The van der Waals surface area contributed by atoms with Crippen LogP contribution in [-0.2, 0) is 52.2 Å². The lowest BCUT2D eigenvalue weighted by molar-refractivity contribution is -0.147. The lowest BCUT2D eigenvalue weighted by atomic mass is 9.87. The van der Waals surface area contributed by atoms with E-state index in [1.54, 1.807) is 6.08 Å². The molecule has 6 atom stereocenters. The van der Waals surface area contributed by atoms with Gasteiger partial charge in [0.25, 0.3) is 0 Å². The molecule has 0 fully saturated rings. The summed E-state index contributed by atoms with van der Waals surface area (Å²) in [6, 6.07) is 0. The third-order valence-electron chi connectivity index (χ3n) is 6.60. The Labute approximate surface area is 270 Å². The van der Waals surface area contributed by atoms with E-state index in [1.807, 2.05) is 41.5 Å². The smallest absolute Gasteiger partial charge is 0.330 e.